The number of unbranched alkanes of at least 4 members (excludes halogenated alkanes) is 1. The Bertz CT molecular complexity index is 629. The zero-order valence-corrected chi connectivity index (χ0v) is 13.3. The van der Waals surface area contributed by atoms with Crippen LogP contribution < -0.4 is 11.1 Å². The first-order valence-electron chi connectivity index (χ1n) is 7.37. The molecule has 118 valence electrons. The molecule has 0 saturated carbocycles. The van der Waals surface area contributed by atoms with Crippen LogP contribution in [0.2, 0.25) is 0 Å². The maximum absolute atomic E-state index is 13.7. The predicted octanol–water partition coefficient (Wildman–Crippen LogP) is 3.20. The Hall–Kier alpha value is -1.79. The summed E-state index contributed by atoms with van der Waals surface area (Å²) >= 11 is 1.25. The molecule has 0 fully saturated rings. The molecular formula is C16H20FN3OS. The van der Waals surface area contributed by atoms with Crippen LogP contribution in [-0.4, -0.2) is 23.5 Å². The van der Waals surface area contributed by atoms with Gasteiger partial charge in [0.15, 0.2) is 0 Å². The van der Waals surface area contributed by atoms with E-state index in [1.54, 1.807) is 23.6 Å². The fourth-order valence-electron chi connectivity index (χ4n) is 2.10. The Morgan fingerprint density at radius 1 is 1.45 bits per heavy atom. The minimum atomic E-state index is -0.341. The van der Waals surface area contributed by atoms with Gasteiger partial charge in [-0.15, -0.1) is 11.3 Å². The number of amides is 1. The topological polar surface area (TPSA) is 68.0 Å². The van der Waals surface area contributed by atoms with Crippen molar-refractivity contribution >= 4 is 17.2 Å². The van der Waals surface area contributed by atoms with E-state index in [1.165, 1.54) is 17.4 Å². The van der Waals surface area contributed by atoms with Crippen LogP contribution in [0.5, 0.6) is 0 Å². The molecule has 1 aromatic carbocycles. The molecular weight excluding hydrogens is 301 g/mol. The van der Waals surface area contributed by atoms with Crippen LogP contribution >= 0.6 is 11.3 Å². The monoisotopic (exact) mass is 321 g/mol. The summed E-state index contributed by atoms with van der Waals surface area (Å²) in [7, 11) is 0. The summed E-state index contributed by atoms with van der Waals surface area (Å²) in [6.07, 6.45) is 2.92. The van der Waals surface area contributed by atoms with Crippen molar-refractivity contribution in [3.8, 4) is 10.6 Å². The summed E-state index contributed by atoms with van der Waals surface area (Å²) in [6.45, 7) is 2.49. The number of nitrogens with zero attached hydrogens (tertiary/aromatic N) is 1. The van der Waals surface area contributed by atoms with Crippen LogP contribution in [0.4, 0.5) is 4.39 Å². The number of benzene rings is 1. The molecule has 6 heteroatoms. The number of nitrogens with one attached hydrogen (secondary N) is 1. The Balaban J connectivity index is 2.07. The van der Waals surface area contributed by atoms with Gasteiger partial charge in [0.25, 0.3) is 5.91 Å². The molecule has 0 aliphatic heterocycles. The second kappa shape index (κ2) is 8.00. The van der Waals surface area contributed by atoms with Crippen LogP contribution in [0.3, 0.4) is 0 Å². The van der Waals surface area contributed by atoms with E-state index in [9.17, 15) is 9.18 Å². The van der Waals surface area contributed by atoms with E-state index in [0.717, 1.165) is 19.3 Å². The molecule has 1 amide bonds. The normalized spacial score (nSPS) is 12.1. The Kier molecular flexibility index (Phi) is 6.03. The van der Waals surface area contributed by atoms with Crippen molar-refractivity contribution < 1.29 is 9.18 Å². The second-order valence-corrected chi connectivity index (χ2v) is 5.92. The molecule has 1 unspecified atom stereocenters. The molecule has 0 bridgehead atoms. The van der Waals surface area contributed by atoms with Crippen molar-refractivity contribution in [1.82, 2.24) is 10.3 Å². The third-order valence-electron chi connectivity index (χ3n) is 3.37. The molecule has 4 nitrogen and oxygen atoms in total. The third-order valence-corrected chi connectivity index (χ3v) is 4.24. The SMILES string of the molecule is CCCCC(CN)NC(=O)c1csc(-c2ccccc2F)n1. The van der Waals surface area contributed by atoms with Crippen LogP contribution in [0.25, 0.3) is 10.6 Å². The van der Waals surface area contributed by atoms with Crippen molar-refractivity contribution in [2.75, 3.05) is 6.54 Å². The molecule has 1 aromatic heterocycles. The molecule has 1 heterocycles. The van der Waals surface area contributed by atoms with E-state index in [2.05, 4.69) is 17.2 Å². The van der Waals surface area contributed by atoms with Gasteiger partial charge in [-0.2, -0.15) is 0 Å². The van der Waals surface area contributed by atoms with E-state index < -0.39 is 0 Å². The molecule has 3 N–H and O–H groups in total. The van der Waals surface area contributed by atoms with Gasteiger partial charge in [0, 0.05) is 23.5 Å². The number of aromatic nitrogens is 1. The number of hydrogen-bond donors (Lipinski definition) is 2. The van der Waals surface area contributed by atoms with Gasteiger partial charge in [-0.3, -0.25) is 4.79 Å². The van der Waals surface area contributed by atoms with Gasteiger partial charge in [-0.25, -0.2) is 9.37 Å². The molecule has 0 radical (unpaired) electrons. The summed E-state index contributed by atoms with van der Waals surface area (Å²) in [5, 5.41) is 5.03. The van der Waals surface area contributed by atoms with E-state index in [1.807, 2.05) is 0 Å². The molecule has 2 rings (SSSR count). The summed E-state index contributed by atoms with van der Waals surface area (Å²) in [6, 6.07) is 6.35. The summed E-state index contributed by atoms with van der Waals surface area (Å²) in [5.74, 6) is -0.600. The first-order valence-corrected chi connectivity index (χ1v) is 8.25. The van der Waals surface area contributed by atoms with Gasteiger partial charge in [0.2, 0.25) is 0 Å². The minimum absolute atomic E-state index is 0.0499. The second-order valence-electron chi connectivity index (χ2n) is 5.07. The zero-order chi connectivity index (χ0) is 15.9. The minimum Gasteiger partial charge on any atom is -0.347 e. The van der Waals surface area contributed by atoms with Gasteiger partial charge >= 0.3 is 0 Å². The third kappa shape index (κ3) is 4.11. The standard InChI is InChI=1S/C16H20FN3OS/c1-2-3-6-11(9-18)19-15(21)14-10-22-16(20-14)12-7-4-5-8-13(12)17/h4-5,7-8,10-11H,2-3,6,9,18H2,1H3,(H,19,21). The number of nitrogens with two attached hydrogens (primary N) is 1. The van der Waals surface area contributed by atoms with E-state index in [4.69, 9.17) is 5.73 Å². The first kappa shape index (κ1) is 16.6. The highest BCUT2D eigenvalue weighted by Gasteiger charge is 2.16. The van der Waals surface area contributed by atoms with Gasteiger partial charge in [-0.05, 0) is 18.6 Å². The highest BCUT2D eigenvalue weighted by atomic mass is 32.1. The average Bonchev–Trinajstić information content (AvgIpc) is 3.01. The number of rotatable bonds is 7. The smallest absolute Gasteiger partial charge is 0.271 e. The highest BCUT2D eigenvalue weighted by molar-refractivity contribution is 7.13. The lowest BCUT2D eigenvalue weighted by Gasteiger charge is -2.15. The molecule has 0 saturated heterocycles. The van der Waals surface area contributed by atoms with Gasteiger partial charge in [-0.1, -0.05) is 31.9 Å². The quantitative estimate of drug-likeness (QED) is 0.823. The molecule has 0 aliphatic carbocycles. The van der Waals surface area contributed by atoms with E-state index >= 15 is 0 Å². The van der Waals surface area contributed by atoms with Crippen LogP contribution in [0, 0.1) is 5.82 Å². The molecule has 0 aliphatic rings. The Labute approximate surface area is 133 Å². The maximum Gasteiger partial charge on any atom is 0.271 e. The molecule has 1 atom stereocenters. The Morgan fingerprint density at radius 3 is 2.91 bits per heavy atom. The molecule has 2 aromatic rings. The van der Waals surface area contributed by atoms with E-state index in [-0.39, 0.29) is 17.8 Å². The summed E-state index contributed by atoms with van der Waals surface area (Å²) in [4.78, 5) is 16.4. The fourth-order valence-corrected chi connectivity index (χ4v) is 2.92. The number of hydrogen-bond acceptors (Lipinski definition) is 4. The number of carbonyl (C=O) groups excluding carboxylic acids is 1. The van der Waals surface area contributed by atoms with Crippen molar-refractivity contribution in [2.45, 2.75) is 32.2 Å². The van der Waals surface area contributed by atoms with Gasteiger partial charge in [0.05, 0.1) is 0 Å². The fraction of sp³-hybridized carbons (Fsp3) is 0.375. The molecule has 0 spiro atoms. The Morgan fingerprint density at radius 2 is 2.23 bits per heavy atom. The van der Waals surface area contributed by atoms with Crippen LogP contribution in [0.15, 0.2) is 29.6 Å². The predicted molar refractivity (Wildman–Crippen MR) is 87.3 cm³/mol. The van der Waals surface area contributed by atoms with E-state index in [0.29, 0.717) is 22.8 Å². The summed E-state index contributed by atoms with van der Waals surface area (Å²) < 4.78 is 13.7. The number of halogens is 1. The zero-order valence-electron chi connectivity index (χ0n) is 12.5. The highest BCUT2D eigenvalue weighted by Crippen LogP contribution is 2.26. The van der Waals surface area contributed by atoms with Crippen molar-refractivity contribution in [2.24, 2.45) is 5.73 Å². The summed E-state index contributed by atoms with van der Waals surface area (Å²) in [5.41, 5.74) is 6.39. The largest absolute Gasteiger partial charge is 0.347 e. The number of carbonyl (C=O) groups is 1. The molecule has 22 heavy (non-hydrogen) atoms. The first-order chi connectivity index (χ1) is 10.7. The van der Waals surface area contributed by atoms with Gasteiger partial charge < -0.3 is 11.1 Å². The van der Waals surface area contributed by atoms with Crippen LogP contribution in [0.1, 0.15) is 36.7 Å². The van der Waals surface area contributed by atoms with Crippen LogP contribution in [-0.2, 0) is 0 Å². The van der Waals surface area contributed by atoms with Crippen molar-refractivity contribution in [3.63, 3.8) is 0 Å². The maximum atomic E-state index is 13.7. The average molecular weight is 321 g/mol. The lowest BCUT2D eigenvalue weighted by Crippen LogP contribution is -2.40. The lowest BCUT2D eigenvalue weighted by atomic mass is 10.1. The van der Waals surface area contributed by atoms with Crippen molar-refractivity contribution in [1.29, 1.82) is 0 Å². The van der Waals surface area contributed by atoms with Crippen molar-refractivity contribution in [3.05, 3.63) is 41.2 Å². The number of thiazole rings is 1. The van der Waals surface area contributed by atoms with Gasteiger partial charge in [0.1, 0.15) is 16.5 Å². The lowest BCUT2D eigenvalue weighted by molar-refractivity contribution is 0.0931.